The van der Waals surface area contributed by atoms with Gasteiger partial charge in [0.05, 0.1) is 0 Å². The molecule has 0 bridgehead atoms. The van der Waals surface area contributed by atoms with E-state index in [0.29, 0.717) is 5.92 Å². The first kappa shape index (κ1) is 13.2. The van der Waals surface area contributed by atoms with Crippen molar-refractivity contribution in [1.29, 1.82) is 0 Å². The second-order valence-electron chi connectivity index (χ2n) is 6.17. The van der Waals surface area contributed by atoms with Crippen LogP contribution in [0.2, 0.25) is 0 Å². The van der Waals surface area contributed by atoms with Crippen LogP contribution in [0.4, 0.5) is 5.69 Å². The lowest BCUT2D eigenvalue weighted by molar-refractivity contribution is 0.647. The van der Waals surface area contributed by atoms with Crippen molar-refractivity contribution in [3.63, 3.8) is 0 Å². The van der Waals surface area contributed by atoms with Crippen molar-refractivity contribution in [2.24, 2.45) is 5.92 Å². The minimum Gasteiger partial charge on any atom is -0.384 e. The summed E-state index contributed by atoms with van der Waals surface area (Å²) in [7, 11) is 0. The van der Waals surface area contributed by atoms with Gasteiger partial charge in [0.25, 0.3) is 0 Å². The van der Waals surface area contributed by atoms with Crippen LogP contribution in [0.5, 0.6) is 0 Å². The molecule has 3 rings (SSSR count). The third-order valence-corrected chi connectivity index (χ3v) is 3.96. The van der Waals surface area contributed by atoms with E-state index in [9.17, 15) is 0 Å². The van der Waals surface area contributed by atoms with Crippen LogP contribution >= 0.6 is 0 Å². The Hall–Kier alpha value is -1.76. The molecular weight excluding hydrogens is 242 g/mol. The molecule has 0 fully saturated rings. The van der Waals surface area contributed by atoms with Crippen LogP contribution < -0.4 is 5.32 Å². The first-order valence-corrected chi connectivity index (χ1v) is 7.69. The molecule has 1 N–H and O–H groups in total. The molecule has 1 aliphatic rings. The van der Waals surface area contributed by atoms with Crippen LogP contribution in [0.3, 0.4) is 0 Å². The Morgan fingerprint density at radius 1 is 1.10 bits per heavy atom. The maximum Gasteiger partial charge on any atom is 0.0452 e. The van der Waals surface area contributed by atoms with E-state index < -0.39 is 0 Å². The summed E-state index contributed by atoms with van der Waals surface area (Å²) in [5.74, 6) is 0.702. The summed E-state index contributed by atoms with van der Waals surface area (Å²) in [4.78, 5) is 0. The molecule has 0 amide bonds. The third kappa shape index (κ3) is 2.72. The molecule has 2 aromatic rings. The van der Waals surface area contributed by atoms with E-state index in [-0.39, 0.29) is 0 Å². The maximum atomic E-state index is 3.59. The number of para-hydroxylation sites is 1. The Labute approximate surface area is 122 Å². The fraction of sp³-hybridized carbons (Fsp3) is 0.368. The van der Waals surface area contributed by atoms with Crippen molar-refractivity contribution in [2.75, 3.05) is 11.9 Å². The Bertz CT molecular complexity index is 598. The number of hydrogen-bond donors (Lipinski definition) is 1. The monoisotopic (exact) mass is 265 g/mol. The highest BCUT2D eigenvalue weighted by molar-refractivity contribution is 5.81. The molecule has 1 heterocycles. The van der Waals surface area contributed by atoms with Gasteiger partial charge in [-0.1, -0.05) is 56.3 Å². The average Bonchev–Trinajstić information content (AvgIpc) is 2.46. The molecule has 0 radical (unpaired) electrons. The van der Waals surface area contributed by atoms with Gasteiger partial charge in [-0.25, -0.2) is 0 Å². The molecule has 1 heteroatoms. The van der Waals surface area contributed by atoms with E-state index in [1.54, 1.807) is 0 Å². The molecule has 0 atom stereocenters. The smallest absolute Gasteiger partial charge is 0.0452 e. The molecule has 104 valence electrons. The van der Waals surface area contributed by atoms with Gasteiger partial charge in [0.1, 0.15) is 0 Å². The molecule has 1 nitrogen and oxygen atoms in total. The van der Waals surface area contributed by atoms with E-state index in [0.717, 1.165) is 13.0 Å². The zero-order valence-electron chi connectivity index (χ0n) is 12.4. The summed E-state index contributed by atoms with van der Waals surface area (Å²) in [6.07, 6.45) is 3.59. The Kier molecular flexibility index (Phi) is 3.77. The normalized spacial score (nSPS) is 13.9. The van der Waals surface area contributed by atoms with Gasteiger partial charge in [-0.05, 0) is 41.9 Å². The average molecular weight is 265 g/mol. The van der Waals surface area contributed by atoms with Crippen LogP contribution in [0, 0.1) is 5.92 Å². The molecular formula is C19H23N. The molecule has 20 heavy (non-hydrogen) atoms. The highest BCUT2D eigenvalue weighted by Gasteiger charge is 2.13. The third-order valence-electron chi connectivity index (χ3n) is 3.96. The van der Waals surface area contributed by atoms with Gasteiger partial charge in [0.2, 0.25) is 0 Å². The maximum absolute atomic E-state index is 3.59. The minimum atomic E-state index is 0.702. The molecule has 0 aromatic heterocycles. The number of nitrogens with one attached hydrogen (secondary N) is 1. The van der Waals surface area contributed by atoms with Gasteiger partial charge < -0.3 is 5.32 Å². The fourth-order valence-electron chi connectivity index (χ4n) is 3.09. The van der Waals surface area contributed by atoms with E-state index in [2.05, 4.69) is 61.6 Å². The van der Waals surface area contributed by atoms with Gasteiger partial charge in [-0.15, -0.1) is 0 Å². The zero-order valence-corrected chi connectivity index (χ0v) is 12.4. The van der Waals surface area contributed by atoms with Crippen molar-refractivity contribution >= 4 is 5.69 Å². The predicted molar refractivity (Wildman–Crippen MR) is 87.2 cm³/mol. The highest BCUT2D eigenvalue weighted by Crippen LogP contribution is 2.34. The number of rotatable bonds is 3. The van der Waals surface area contributed by atoms with Gasteiger partial charge in [0.15, 0.2) is 0 Å². The summed E-state index contributed by atoms with van der Waals surface area (Å²) >= 11 is 0. The number of anilines is 1. The standard InChI is InChI=1S/C19H23N/c1-14(2)12-15-6-3-8-17(13-15)18-10-4-7-16-9-5-11-20-19(16)18/h3-4,6-8,10,13-14,20H,5,9,11-12H2,1-2H3. The summed E-state index contributed by atoms with van der Waals surface area (Å²) in [6, 6.07) is 15.7. The van der Waals surface area contributed by atoms with Crippen molar-refractivity contribution in [3.8, 4) is 11.1 Å². The first-order valence-electron chi connectivity index (χ1n) is 7.69. The second kappa shape index (κ2) is 5.70. The van der Waals surface area contributed by atoms with Crippen molar-refractivity contribution in [2.45, 2.75) is 33.1 Å². The summed E-state index contributed by atoms with van der Waals surface area (Å²) in [5.41, 5.74) is 6.94. The van der Waals surface area contributed by atoms with E-state index in [1.807, 2.05) is 0 Å². The van der Waals surface area contributed by atoms with Crippen LogP contribution in [0.1, 0.15) is 31.4 Å². The van der Waals surface area contributed by atoms with Crippen LogP contribution in [-0.2, 0) is 12.8 Å². The lowest BCUT2D eigenvalue weighted by Crippen LogP contribution is -2.12. The van der Waals surface area contributed by atoms with Gasteiger partial charge in [-0.2, -0.15) is 0 Å². The Morgan fingerprint density at radius 2 is 1.95 bits per heavy atom. The van der Waals surface area contributed by atoms with Crippen LogP contribution in [0.25, 0.3) is 11.1 Å². The van der Waals surface area contributed by atoms with Crippen molar-refractivity contribution in [1.82, 2.24) is 0 Å². The Balaban J connectivity index is 2.01. The van der Waals surface area contributed by atoms with Gasteiger partial charge in [-0.3, -0.25) is 0 Å². The van der Waals surface area contributed by atoms with E-state index in [4.69, 9.17) is 0 Å². The molecule has 0 unspecified atom stereocenters. The molecule has 0 saturated heterocycles. The SMILES string of the molecule is CC(C)Cc1cccc(-c2cccc3c2NCCC3)c1. The fourth-order valence-corrected chi connectivity index (χ4v) is 3.09. The topological polar surface area (TPSA) is 12.0 Å². The lowest BCUT2D eigenvalue weighted by Gasteiger charge is -2.21. The van der Waals surface area contributed by atoms with Crippen molar-refractivity contribution < 1.29 is 0 Å². The van der Waals surface area contributed by atoms with E-state index >= 15 is 0 Å². The van der Waals surface area contributed by atoms with Crippen LogP contribution in [-0.4, -0.2) is 6.54 Å². The summed E-state index contributed by atoms with van der Waals surface area (Å²) in [5, 5.41) is 3.59. The number of aryl methyl sites for hydroxylation is 1. The first-order chi connectivity index (χ1) is 9.74. The van der Waals surface area contributed by atoms with Crippen molar-refractivity contribution in [3.05, 3.63) is 53.6 Å². The quantitative estimate of drug-likeness (QED) is 0.831. The summed E-state index contributed by atoms with van der Waals surface area (Å²) in [6.45, 7) is 5.65. The zero-order chi connectivity index (χ0) is 13.9. The number of fused-ring (bicyclic) bond motifs is 1. The van der Waals surface area contributed by atoms with Crippen LogP contribution in [0.15, 0.2) is 42.5 Å². The molecule has 0 spiro atoms. The van der Waals surface area contributed by atoms with Gasteiger partial charge in [0, 0.05) is 17.8 Å². The molecule has 0 aliphatic carbocycles. The second-order valence-corrected chi connectivity index (χ2v) is 6.17. The summed E-state index contributed by atoms with van der Waals surface area (Å²) < 4.78 is 0. The molecule has 1 aliphatic heterocycles. The highest BCUT2D eigenvalue weighted by atomic mass is 14.9. The molecule has 2 aromatic carbocycles. The molecule has 0 saturated carbocycles. The lowest BCUT2D eigenvalue weighted by atomic mass is 9.93. The largest absolute Gasteiger partial charge is 0.384 e. The Morgan fingerprint density at radius 3 is 2.80 bits per heavy atom. The minimum absolute atomic E-state index is 0.702. The number of hydrogen-bond acceptors (Lipinski definition) is 1. The van der Waals surface area contributed by atoms with E-state index in [1.165, 1.54) is 40.8 Å². The number of benzene rings is 2. The van der Waals surface area contributed by atoms with Gasteiger partial charge >= 0.3 is 0 Å². The predicted octanol–water partition coefficient (Wildman–Crippen LogP) is 4.91.